The number of fused-ring (bicyclic) bond motifs is 1. The molecule has 34 heavy (non-hydrogen) atoms. The average Bonchev–Trinajstić information content (AvgIpc) is 2.84. The molecule has 0 atom stereocenters. The highest BCUT2D eigenvalue weighted by Crippen LogP contribution is 2.41. The van der Waals surface area contributed by atoms with E-state index < -0.39 is 10.0 Å². The summed E-state index contributed by atoms with van der Waals surface area (Å²) < 4.78 is 40.4. The Morgan fingerprint density at radius 2 is 1.41 bits per heavy atom. The lowest BCUT2D eigenvalue weighted by Crippen LogP contribution is -2.27. The molecule has 0 saturated carbocycles. The maximum absolute atomic E-state index is 14.2. The highest BCUT2D eigenvalue weighted by atomic mass is 32.2. The van der Waals surface area contributed by atoms with E-state index in [9.17, 15) is 13.2 Å². The topological polar surface area (TPSA) is 84.9 Å². The van der Waals surface area contributed by atoms with Crippen molar-refractivity contribution in [2.24, 2.45) is 0 Å². The molecule has 4 aromatic carbocycles. The standard InChI is InChI=1S/C26H24N2O5S/c1-18(29)27-23-16-26(25(33-3)17-24(23)32-2)34(30,31)28(21-11-5-4-6-12-21)22-14-13-19-9-7-8-10-20(19)15-22/h4-17H,1-3H3,(H,27,29). The van der Waals surface area contributed by atoms with Crippen molar-refractivity contribution in [1.29, 1.82) is 0 Å². The lowest BCUT2D eigenvalue weighted by Gasteiger charge is -2.26. The number of ether oxygens (including phenoxy) is 2. The van der Waals surface area contributed by atoms with Crippen molar-refractivity contribution in [1.82, 2.24) is 0 Å². The first-order valence-corrected chi connectivity index (χ1v) is 11.9. The van der Waals surface area contributed by atoms with Crippen molar-refractivity contribution in [3.05, 3.63) is 84.9 Å². The second kappa shape index (κ2) is 9.44. The Bertz CT molecular complexity index is 1450. The number of methoxy groups -OCH3 is 2. The summed E-state index contributed by atoms with van der Waals surface area (Å²) in [6, 6.07) is 24.8. The number of nitrogens with zero attached hydrogens (tertiary/aromatic N) is 1. The first-order chi connectivity index (χ1) is 16.3. The molecule has 0 unspecified atom stereocenters. The summed E-state index contributed by atoms with van der Waals surface area (Å²) >= 11 is 0. The van der Waals surface area contributed by atoms with Gasteiger partial charge >= 0.3 is 0 Å². The van der Waals surface area contributed by atoms with Crippen molar-refractivity contribution >= 4 is 43.8 Å². The second-order valence-corrected chi connectivity index (χ2v) is 9.28. The first-order valence-electron chi connectivity index (χ1n) is 10.5. The molecule has 4 aromatic rings. The number of para-hydroxylation sites is 1. The maximum atomic E-state index is 14.2. The van der Waals surface area contributed by atoms with Crippen LogP contribution in [0.5, 0.6) is 11.5 Å². The normalized spacial score (nSPS) is 11.1. The molecule has 4 rings (SSSR count). The van der Waals surface area contributed by atoms with E-state index in [4.69, 9.17) is 9.47 Å². The molecule has 174 valence electrons. The Labute approximate surface area is 198 Å². The summed E-state index contributed by atoms with van der Waals surface area (Å²) in [5.41, 5.74) is 1.14. The number of hydrogen-bond donors (Lipinski definition) is 1. The van der Waals surface area contributed by atoms with Gasteiger partial charge in [-0.2, -0.15) is 0 Å². The van der Waals surface area contributed by atoms with E-state index in [-0.39, 0.29) is 28.0 Å². The smallest absolute Gasteiger partial charge is 0.272 e. The quantitative estimate of drug-likeness (QED) is 0.389. The molecule has 0 radical (unpaired) electrons. The van der Waals surface area contributed by atoms with Gasteiger partial charge in [-0.3, -0.25) is 4.79 Å². The molecule has 7 nitrogen and oxygen atoms in total. The highest BCUT2D eigenvalue weighted by Gasteiger charge is 2.31. The zero-order valence-corrected chi connectivity index (χ0v) is 19.8. The predicted octanol–water partition coefficient (Wildman–Crippen LogP) is 5.34. The molecule has 0 aliphatic rings. The monoisotopic (exact) mass is 476 g/mol. The lowest BCUT2D eigenvalue weighted by molar-refractivity contribution is -0.114. The van der Waals surface area contributed by atoms with Crippen LogP contribution in [0.2, 0.25) is 0 Å². The summed E-state index contributed by atoms with van der Waals surface area (Å²) in [4.78, 5) is 11.6. The molecule has 0 aliphatic heterocycles. The van der Waals surface area contributed by atoms with E-state index in [1.165, 1.54) is 37.6 Å². The van der Waals surface area contributed by atoms with Crippen molar-refractivity contribution in [2.45, 2.75) is 11.8 Å². The molecule has 0 aliphatic carbocycles. The number of carbonyl (C=O) groups excluding carboxylic acids is 1. The Morgan fingerprint density at radius 3 is 2.06 bits per heavy atom. The molecule has 0 fully saturated rings. The largest absolute Gasteiger partial charge is 0.495 e. The third kappa shape index (κ3) is 4.40. The number of amides is 1. The van der Waals surface area contributed by atoms with Crippen LogP contribution in [-0.2, 0) is 14.8 Å². The number of carbonyl (C=O) groups is 1. The molecule has 0 spiro atoms. The van der Waals surface area contributed by atoms with Crippen LogP contribution in [0.3, 0.4) is 0 Å². The van der Waals surface area contributed by atoms with E-state index in [0.717, 1.165) is 10.8 Å². The van der Waals surface area contributed by atoms with Gasteiger partial charge in [0, 0.05) is 13.0 Å². The van der Waals surface area contributed by atoms with Gasteiger partial charge in [0.1, 0.15) is 16.4 Å². The van der Waals surface area contributed by atoms with Crippen LogP contribution in [0.15, 0.2) is 89.8 Å². The number of rotatable bonds is 7. The molecule has 0 aromatic heterocycles. The van der Waals surface area contributed by atoms with Crippen LogP contribution >= 0.6 is 0 Å². The minimum Gasteiger partial charge on any atom is -0.495 e. The number of anilines is 3. The minimum atomic E-state index is -4.20. The fourth-order valence-electron chi connectivity index (χ4n) is 3.75. The molecule has 0 saturated heterocycles. The van der Waals surface area contributed by atoms with Gasteiger partial charge in [0.15, 0.2) is 0 Å². The van der Waals surface area contributed by atoms with Crippen LogP contribution in [0.1, 0.15) is 6.92 Å². The summed E-state index contributed by atoms with van der Waals surface area (Å²) in [6.07, 6.45) is 0. The molecule has 0 heterocycles. The molecular weight excluding hydrogens is 452 g/mol. The Kier molecular flexibility index (Phi) is 6.43. The van der Waals surface area contributed by atoms with E-state index >= 15 is 0 Å². The zero-order chi connectivity index (χ0) is 24.3. The average molecular weight is 477 g/mol. The van der Waals surface area contributed by atoms with Crippen LogP contribution in [-0.4, -0.2) is 28.5 Å². The van der Waals surface area contributed by atoms with Gasteiger partial charge < -0.3 is 14.8 Å². The Morgan fingerprint density at radius 1 is 0.765 bits per heavy atom. The van der Waals surface area contributed by atoms with E-state index in [0.29, 0.717) is 11.4 Å². The fourth-order valence-corrected chi connectivity index (χ4v) is 5.40. The Balaban J connectivity index is 1.97. The fraction of sp³-hybridized carbons (Fsp3) is 0.115. The number of benzene rings is 4. The van der Waals surface area contributed by atoms with E-state index in [1.54, 1.807) is 30.3 Å². The summed E-state index contributed by atoms with van der Waals surface area (Å²) in [5.74, 6) is 0.0110. The van der Waals surface area contributed by atoms with Gasteiger partial charge in [-0.25, -0.2) is 12.7 Å². The van der Waals surface area contributed by atoms with Crippen LogP contribution in [0.25, 0.3) is 10.8 Å². The molecule has 8 heteroatoms. The van der Waals surface area contributed by atoms with Gasteiger partial charge in [-0.1, -0.05) is 48.5 Å². The van der Waals surface area contributed by atoms with Gasteiger partial charge in [0.25, 0.3) is 10.0 Å². The van der Waals surface area contributed by atoms with E-state index in [1.807, 2.05) is 42.5 Å². The third-order valence-electron chi connectivity index (χ3n) is 5.27. The van der Waals surface area contributed by atoms with Crippen molar-refractivity contribution in [3.63, 3.8) is 0 Å². The number of sulfonamides is 1. The highest BCUT2D eigenvalue weighted by molar-refractivity contribution is 7.93. The molecular formula is C26H24N2O5S. The summed E-state index contributed by atoms with van der Waals surface area (Å²) in [7, 11) is -1.39. The first kappa shape index (κ1) is 23.1. The zero-order valence-electron chi connectivity index (χ0n) is 19.0. The predicted molar refractivity (Wildman–Crippen MR) is 134 cm³/mol. The molecule has 1 N–H and O–H groups in total. The van der Waals surface area contributed by atoms with E-state index in [2.05, 4.69) is 5.32 Å². The van der Waals surface area contributed by atoms with Gasteiger partial charge in [-0.05, 0) is 41.1 Å². The van der Waals surface area contributed by atoms with Crippen molar-refractivity contribution in [3.8, 4) is 11.5 Å². The third-order valence-corrected chi connectivity index (χ3v) is 7.05. The Hall–Kier alpha value is -4.04. The van der Waals surface area contributed by atoms with Crippen LogP contribution < -0.4 is 19.1 Å². The van der Waals surface area contributed by atoms with Crippen LogP contribution in [0.4, 0.5) is 17.1 Å². The van der Waals surface area contributed by atoms with Gasteiger partial charge in [0.05, 0.1) is 31.3 Å². The summed E-state index contributed by atoms with van der Waals surface area (Å²) in [5, 5.41) is 4.52. The number of nitrogens with one attached hydrogen (secondary N) is 1. The lowest BCUT2D eigenvalue weighted by atomic mass is 10.1. The van der Waals surface area contributed by atoms with Crippen molar-refractivity contribution < 1.29 is 22.7 Å². The SMILES string of the molecule is COc1cc(OC)c(S(=O)(=O)N(c2ccccc2)c2ccc3ccccc3c2)cc1NC(C)=O. The van der Waals surface area contributed by atoms with Gasteiger partial charge in [-0.15, -0.1) is 0 Å². The second-order valence-electron chi connectivity index (χ2n) is 7.52. The van der Waals surface area contributed by atoms with Gasteiger partial charge in [0.2, 0.25) is 5.91 Å². The molecule has 0 bridgehead atoms. The van der Waals surface area contributed by atoms with Crippen molar-refractivity contribution in [2.75, 3.05) is 23.8 Å². The maximum Gasteiger partial charge on any atom is 0.272 e. The number of hydrogen-bond acceptors (Lipinski definition) is 5. The van der Waals surface area contributed by atoms with Crippen LogP contribution in [0, 0.1) is 0 Å². The molecule has 1 amide bonds. The summed E-state index contributed by atoms with van der Waals surface area (Å²) in [6.45, 7) is 1.34. The minimum absolute atomic E-state index is 0.0904.